The Labute approximate surface area is 97.1 Å². The van der Waals surface area contributed by atoms with Gasteiger partial charge in [0, 0.05) is 5.56 Å². The van der Waals surface area contributed by atoms with Gasteiger partial charge in [0.05, 0.1) is 12.8 Å². The van der Waals surface area contributed by atoms with Crippen LogP contribution in [0.5, 0.6) is 5.75 Å². The minimum Gasteiger partial charge on any atom is -0.481 e. The number of aliphatic hydroxyl groups is 1. The van der Waals surface area contributed by atoms with Crippen LogP contribution in [0.3, 0.4) is 0 Å². The van der Waals surface area contributed by atoms with E-state index in [2.05, 4.69) is 10.1 Å². The van der Waals surface area contributed by atoms with Crippen LogP contribution in [0, 0.1) is 0 Å². The van der Waals surface area contributed by atoms with Crippen LogP contribution in [-0.2, 0) is 14.3 Å². The Balaban J connectivity index is 2.39. The molecule has 0 saturated carbocycles. The highest BCUT2D eigenvalue weighted by atomic mass is 16.5. The van der Waals surface area contributed by atoms with Crippen LogP contribution >= 0.6 is 0 Å². The van der Waals surface area contributed by atoms with Crippen molar-refractivity contribution in [3.63, 3.8) is 0 Å². The van der Waals surface area contributed by atoms with Crippen LogP contribution in [0.4, 0.5) is 5.69 Å². The summed E-state index contributed by atoms with van der Waals surface area (Å²) in [7, 11) is 1.18. The van der Waals surface area contributed by atoms with E-state index in [-0.39, 0.29) is 18.1 Å². The van der Waals surface area contributed by atoms with Crippen molar-refractivity contribution < 1.29 is 24.2 Å². The molecule has 1 heterocycles. The fourth-order valence-corrected chi connectivity index (χ4v) is 1.59. The van der Waals surface area contributed by atoms with Crippen molar-refractivity contribution >= 4 is 17.6 Å². The number of fused-ring (bicyclic) bond motifs is 1. The first-order valence-corrected chi connectivity index (χ1v) is 4.95. The highest BCUT2D eigenvalue weighted by molar-refractivity contribution is 5.96. The lowest BCUT2D eigenvalue weighted by Gasteiger charge is -2.21. The molecule has 6 heteroatoms. The Bertz CT molecular complexity index is 471. The van der Waals surface area contributed by atoms with Gasteiger partial charge in [-0.1, -0.05) is 12.1 Å². The molecule has 1 amide bonds. The van der Waals surface area contributed by atoms with Gasteiger partial charge in [-0.3, -0.25) is 4.79 Å². The molecule has 1 atom stereocenters. The van der Waals surface area contributed by atoms with Crippen molar-refractivity contribution in [2.45, 2.75) is 6.10 Å². The molecule has 0 saturated heterocycles. The molecule has 2 N–H and O–H groups in total. The van der Waals surface area contributed by atoms with Crippen molar-refractivity contribution in [2.75, 3.05) is 19.0 Å². The number of amides is 1. The monoisotopic (exact) mass is 237 g/mol. The van der Waals surface area contributed by atoms with Gasteiger partial charge in [0.25, 0.3) is 5.91 Å². The maximum atomic E-state index is 11.2. The Hall–Kier alpha value is -2.08. The van der Waals surface area contributed by atoms with E-state index in [0.29, 0.717) is 11.4 Å². The smallest absolute Gasteiger partial charge is 0.339 e. The fraction of sp³-hybridized carbons (Fsp3) is 0.273. The molecule has 0 radical (unpaired) electrons. The molecular weight excluding hydrogens is 226 g/mol. The second-order valence-electron chi connectivity index (χ2n) is 3.49. The highest BCUT2D eigenvalue weighted by Gasteiger charge is 2.26. The number of carbonyl (C=O) groups is 2. The van der Waals surface area contributed by atoms with Gasteiger partial charge in [0.2, 0.25) is 0 Å². The maximum absolute atomic E-state index is 11.2. The second kappa shape index (κ2) is 4.42. The molecule has 1 aromatic carbocycles. The van der Waals surface area contributed by atoms with E-state index in [1.54, 1.807) is 12.1 Å². The number of esters is 1. The van der Waals surface area contributed by atoms with Crippen LogP contribution in [0.1, 0.15) is 11.7 Å². The number of hydrogen-bond acceptors (Lipinski definition) is 5. The van der Waals surface area contributed by atoms with Gasteiger partial charge >= 0.3 is 5.97 Å². The number of carbonyl (C=O) groups excluding carboxylic acids is 2. The SMILES string of the molecule is COC(=O)C(O)c1cccc2c1OCC(=O)N2. The number of para-hydroxylation sites is 1. The lowest BCUT2D eigenvalue weighted by molar-refractivity contribution is -0.150. The Morgan fingerprint density at radius 3 is 3.06 bits per heavy atom. The average molecular weight is 237 g/mol. The maximum Gasteiger partial charge on any atom is 0.339 e. The lowest BCUT2D eigenvalue weighted by atomic mass is 10.1. The van der Waals surface area contributed by atoms with Crippen LogP contribution in [-0.4, -0.2) is 30.7 Å². The second-order valence-corrected chi connectivity index (χ2v) is 3.49. The van der Waals surface area contributed by atoms with Gasteiger partial charge in [0.15, 0.2) is 12.7 Å². The van der Waals surface area contributed by atoms with E-state index in [1.165, 1.54) is 13.2 Å². The van der Waals surface area contributed by atoms with Gasteiger partial charge in [0.1, 0.15) is 5.75 Å². The predicted octanol–water partition coefficient (Wildman–Crippen LogP) is 0.224. The molecule has 1 aliphatic heterocycles. The third-order valence-corrected chi connectivity index (χ3v) is 2.39. The Kier molecular flexibility index (Phi) is 2.97. The van der Waals surface area contributed by atoms with Gasteiger partial charge in [-0.2, -0.15) is 0 Å². The summed E-state index contributed by atoms with van der Waals surface area (Å²) in [5, 5.41) is 12.3. The number of rotatable bonds is 2. The molecule has 1 unspecified atom stereocenters. The molecular formula is C11H11NO5. The number of benzene rings is 1. The van der Waals surface area contributed by atoms with Crippen molar-refractivity contribution in [2.24, 2.45) is 0 Å². The van der Waals surface area contributed by atoms with Crippen molar-refractivity contribution in [3.8, 4) is 5.75 Å². The van der Waals surface area contributed by atoms with E-state index >= 15 is 0 Å². The zero-order chi connectivity index (χ0) is 12.4. The van der Waals surface area contributed by atoms with Crippen LogP contribution in [0.25, 0.3) is 0 Å². The van der Waals surface area contributed by atoms with Gasteiger partial charge in [-0.25, -0.2) is 4.79 Å². The van der Waals surface area contributed by atoms with Crippen LogP contribution in [0.15, 0.2) is 18.2 Å². The van der Waals surface area contributed by atoms with E-state index in [9.17, 15) is 14.7 Å². The summed E-state index contributed by atoms with van der Waals surface area (Å²) in [4.78, 5) is 22.4. The molecule has 6 nitrogen and oxygen atoms in total. The van der Waals surface area contributed by atoms with E-state index in [1.807, 2.05) is 0 Å². The summed E-state index contributed by atoms with van der Waals surface area (Å²) in [6, 6.07) is 4.77. The summed E-state index contributed by atoms with van der Waals surface area (Å²) in [6.07, 6.45) is -1.43. The molecule has 1 aliphatic rings. The Morgan fingerprint density at radius 2 is 2.35 bits per heavy atom. The van der Waals surface area contributed by atoms with Gasteiger partial charge in [-0.05, 0) is 6.07 Å². The van der Waals surface area contributed by atoms with Crippen LogP contribution < -0.4 is 10.1 Å². The quantitative estimate of drug-likeness (QED) is 0.719. The van der Waals surface area contributed by atoms with E-state index < -0.39 is 12.1 Å². The summed E-state index contributed by atoms with van der Waals surface area (Å²) in [5.74, 6) is -0.758. The molecule has 2 rings (SSSR count). The summed E-state index contributed by atoms with van der Waals surface area (Å²) in [5.41, 5.74) is 0.705. The zero-order valence-corrected chi connectivity index (χ0v) is 9.10. The topological polar surface area (TPSA) is 84.9 Å². The van der Waals surface area contributed by atoms with Crippen molar-refractivity contribution in [1.29, 1.82) is 0 Å². The molecule has 0 bridgehead atoms. The standard InChI is InChI=1S/C11H11NO5/c1-16-11(15)9(14)6-3-2-4-7-10(6)17-5-8(13)12-7/h2-4,9,14H,5H2,1H3,(H,12,13). The van der Waals surface area contributed by atoms with E-state index in [0.717, 1.165) is 0 Å². The average Bonchev–Trinajstić information content (AvgIpc) is 2.35. The predicted molar refractivity (Wildman–Crippen MR) is 57.5 cm³/mol. The Morgan fingerprint density at radius 1 is 1.59 bits per heavy atom. The third-order valence-electron chi connectivity index (χ3n) is 2.39. The summed E-state index contributed by atoms with van der Waals surface area (Å²) in [6.45, 7) is -0.141. The third kappa shape index (κ3) is 2.07. The number of ether oxygens (including phenoxy) is 2. The highest BCUT2D eigenvalue weighted by Crippen LogP contribution is 2.35. The molecule has 0 fully saturated rings. The lowest BCUT2D eigenvalue weighted by Crippen LogP contribution is -2.27. The first-order chi connectivity index (χ1) is 8.13. The number of aliphatic hydroxyl groups excluding tert-OH is 1. The minimum absolute atomic E-state index is 0.141. The molecule has 17 heavy (non-hydrogen) atoms. The summed E-state index contributed by atoms with van der Waals surface area (Å²) >= 11 is 0. The number of methoxy groups -OCH3 is 1. The first kappa shape index (κ1) is 11.4. The molecule has 0 aromatic heterocycles. The number of hydrogen-bond donors (Lipinski definition) is 2. The van der Waals surface area contributed by atoms with Crippen molar-refractivity contribution in [1.82, 2.24) is 0 Å². The molecule has 90 valence electrons. The van der Waals surface area contributed by atoms with E-state index in [4.69, 9.17) is 4.74 Å². The normalized spacial score (nSPS) is 15.3. The number of anilines is 1. The van der Waals surface area contributed by atoms with Crippen molar-refractivity contribution in [3.05, 3.63) is 23.8 Å². The van der Waals surface area contributed by atoms with Gasteiger partial charge in [-0.15, -0.1) is 0 Å². The molecule has 0 aliphatic carbocycles. The minimum atomic E-state index is -1.43. The molecule has 1 aromatic rings. The summed E-state index contributed by atoms with van der Waals surface area (Å²) < 4.78 is 9.65. The zero-order valence-electron chi connectivity index (χ0n) is 9.10. The molecule has 0 spiro atoms. The number of nitrogens with one attached hydrogen (secondary N) is 1. The van der Waals surface area contributed by atoms with Crippen LogP contribution in [0.2, 0.25) is 0 Å². The van der Waals surface area contributed by atoms with Gasteiger partial charge < -0.3 is 19.9 Å². The fourth-order valence-electron chi connectivity index (χ4n) is 1.59. The largest absolute Gasteiger partial charge is 0.481 e. The first-order valence-electron chi connectivity index (χ1n) is 4.95.